The van der Waals surface area contributed by atoms with Crippen molar-refractivity contribution in [2.45, 2.75) is 30.7 Å². The second kappa shape index (κ2) is 9.80. The Hall–Kier alpha value is -3.10. The first-order chi connectivity index (χ1) is 14.7. The van der Waals surface area contributed by atoms with Gasteiger partial charge in [0.05, 0.1) is 10.6 Å². The Morgan fingerprint density at radius 2 is 1.65 bits per heavy atom. The van der Waals surface area contributed by atoms with E-state index in [0.29, 0.717) is 12.5 Å². The summed E-state index contributed by atoms with van der Waals surface area (Å²) >= 11 is 0. The van der Waals surface area contributed by atoms with Crippen LogP contribution in [0.1, 0.15) is 30.5 Å². The Labute approximate surface area is 180 Å². The molecule has 3 aromatic carbocycles. The third-order valence-corrected chi connectivity index (χ3v) is 6.27. The number of sulfonamides is 1. The Balaban J connectivity index is 1.57. The van der Waals surface area contributed by atoms with Crippen LogP contribution in [0.4, 0.5) is 14.5 Å². The van der Waals surface area contributed by atoms with Gasteiger partial charge in [-0.15, -0.1) is 0 Å². The highest BCUT2D eigenvalue weighted by Gasteiger charge is 2.18. The molecule has 0 aliphatic carbocycles. The molecule has 1 atom stereocenters. The molecule has 5 nitrogen and oxygen atoms in total. The zero-order valence-electron chi connectivity index (χ0n) is 16.8. The molecule has 3 rings (SSSR count). The Morgan fingerprint density at radius 3 is 2.29 bits per heavy atom. The summed E-state index contributed by atoms with van der Waals surface area (Å²) < 4.78 is 54.4. The molecule has 3 aromatic rings. The van der Waals surface area contributed by atoms with E-state index in [1.54, 1.807) is 19.1 Å². The van der Waals surface area contributed by atoms with Crippen LogP contribution in [0, 0.1) is 11.6 Å². The molecule has 8 heteroatoms. The first kappa shape index (κ1) is 22.6. The van der Waals surface area contributed by atoms with Crippen LogP contribution in [0.5, 0.6) is 0 Å². The van der Waals surface area contributed by atoms with Gasteiger partial charge >= 0.3 is 0 Å². The summed E-state index contributed by atoms with van der Waals surface area (Å²) in [6.07, 6.45) is 0.398. The minimum Gasteiger partial charge on any atom is -0.324 e. The van der Waals surface area contributed by atoms with E-state index in [1.165, 1.54) is 12.1 Å². The molecule has 1 amide bonds. The lowest BCUT2D eigenvalue weighted by Crippen LogP contribution is -2.26. The number of rotatable bonds is 8. The van der Waals surface area contributed by atoms with E-state index in [2.05, 4.69) is 10.0 Å². The van der Waals surface area contributed by atoms with Gasteiger partial charge in [0.25, 0.3) is 0 Å². The number of amides is 1. The first-order valence-electron chi connectivity index (χ1n) is 9.66. The fourth-order valence-corrected chi connectivity index (χ4v) is 4.24. The van der Waals surface area contributed by atoms with Crippen molar-refractivity contribution in [1.82, 2.24) is 4.72 Å². The van der Waals surface area contributed by atoms with Crippen molar-refractivity contribution < 1.29 is 22.0 Å². The van der Waals surface area contributed by atoms with E-state index in [0.717, 1.165) is 23.3 Å². The summed E-state index contributed by atoms with van der Waals surface area (Å²) in [5.74, 6) is -2.00. The summed E-state index contributed by atoms with van der Waals surface area (Å²) in [7, 11) is -3.71. The van der Waals surface area contributed by atoms with E-state index in [-0.39, 0.29) is 23.0 Å². The number of carbonyl (C=O) groups is 1. The lowest BCUT2D eigenvalue weighted by molar-refractivity contribution is -0.116. The summed E-state index contributed by atoms with van der Waals surface area (Å²) in [5.41, 5.74) is 1.52. The van der Waals surface area contributed by atoms with Gasteiger partial charge in [-0.2, -0.15) is 0 Å². The van der Waals surface area contributed by atoms with Gasteiger partial charge in [0, 0.05) is 18.5 Å². The smallest absolute Gasteiger partial charge is 0.241 e. The van der Waals surface area contributed by atoms with Crippen molar-refractivity contribution in [2.24, 2.45) is 0 Å². The summed E-state index contributed by atoms with van der Waals surface area (Å²) in [5, 5.41) is 2.39. The molecule has 0 fully saturated rings. The number of nitrogens with one attached hydrogen (secondary N) is 2. The molecule has 0 radical (unpaired) electrons. The predicted octanol–water partition coefficient (Wildman–Crippen LogP) is 4.58. The van der Waals surface area contributed by atoms with Crippen molar-refractivity contribution in [2.75, 3.05) is 5.32 Å². The SMILES string of the molecule is C[C@@H](NS(=O)(=O)c1ccc(CCC(=O)Nc2ccc(F)cc2F)cc1)c1ccccc1. The molecule has 0 aliphatic rings. The van der Waals surface area contributed by atoms with Crippen molar-refractivity contribution in [3.05, 3.63) is 95.6 Å². The molecule has 2 N–H and O–H groups in total. The Kier molecular flexibility index (Phi) is 7.14. The summed E-state index contributed by atoms with van der Waals surface area (Å²) in [4.78, 5) is 12.1. The highest BCUT2D eigenvalue weighted by molar-refractivity contribution is 7.89. The van der Waals surface area contributed by atoms with Crippen LogP contribution < -0.4 is 10.0 Å². The number of halogens is 2. The second-order valence-electron chi connectivity index (χ2n) is 7.07. The van der Waals surface area contributed by atoms with Crippen LogP contribution in [0.25, 0.3) is 0 Å². The van der Waals surface area contributed by atoms with Gasteiger partial charge < -0.3 is 5.32 Å². The molecule has 162 valence electrons. The van der Waals surface area contributed by atoms with Gasteiger partial charge in [0.2, 0.25) is 15.9 Å². The van der Waals surface area contributed by atoms with E-state index in [1.807, 2.05) is 30.3 Å². The van der Waals surface area contributed by atoms with Gasteiger partial charge in [-0.1, -0.05) is 42.5 Å². The minimum absolute atomic E-state index is 0.0617. The Bertz CT molecular complexity index is 1150. The highest BCUT2D eigenvalue weighted by atomic mass is 32.2. The van der Waals surface area contributed by atoms with Gasteiger partial charge in [0.15, 0.2) is 0 Å². The second-order valence-corrected chi connectivity index (χ2v) is 8.78. The van der Waals surface area contributed by atoms with E-state index in [4.69, 9.17) is 0 Å². The third kappa shape index (κ3) is 6.19. The lowest BCUT2D eigenvalue weighted by Gasteiger charge is -2.15. The lowest BCUT2D eigenvalue weighted by atomic mass is 10.1. The standard InChI is InChI=1S/C23H22F2N2O3S/c1-16(18-5-3-2-4-6-18)27-31(29,30)20-11-7-17(8-12-20)9-14-23(28)26-22-13-10-19(24)15-21(22)25/h2-8,10-13,15-16,27H,9,14H2,1H3,(H,26,28)/t16-/m1/s1. The number of hydrogen-bond donors (Lipinski definition) is 2. The molecular formula is C23H22F2N2O3S. The maximum Gasteiger partial charge on any atom is 0.241 e. The number of carbonyl (C=O) groups excluding carboxylic acids is 1. The zero-order chi connectivity index (χ0) is 22.4. The number of benzene rings is 3. The summed E-state index contributed by atoms with van der Waals surface area (Å²) in [6, 6.07) is 18.0. The van der Waals surface area contributed by atoms with Crippen LogP contribution in [-0.2, 0) is 21.2 Å². The number of hydrogen-bond acceptors (Lipinski definition) is 3. The van der Waals surface area contributed by atoms with Crippen LogP contribution in [-0.4, -0.2) is 14.3 Å². The van der Waals surface area contributed by atoms with E-state index >= 15 is 0 Å². The van der Waals surface area contributed by atoms with Crippen LogP contribution >= 0.6 is 0 Å². The average Bonchev–Trinajstić information content (AvgIpc) is 2.75. The van der Waals surface area contributed by atoms with Gasteiger partial charge in [-0.25, -0.2) is 21.9 Å². The topological polar surface area (TPSA) is 75.3 Å². The third-order valence-electron chi connectivity index (χ3n) is 4.71. The molecule has 0 aliphatic heterocycles. The fraction of sp³-hybridized carbons (Fsp3) is 0.174. The normalized spacial score (nSPS) is 12.4. The highest BCUT2D eigenvalue weighted by Crippen LogP contribution is 2.18. The molecule has 31 heavy (non-hydrogen) atoms. The molecule has 0 unspecified atom stereocenters. The number of anilines is 1. The molecule has 0 spiro atoms. The van der Waals surface area contributed by atoms with E-state index in [9.17, 15) is 22.0 Å². The largest absolute Gasteiger partial charge is 0.324 e. The molecule has 0 bridgehead atoms. The zero-order valence-corrected chi connectivity index (χ0v) is 17.6. The van der Waals surface area contributed by atoms with Gasteiger partial charge in [-0.3, -0.25) is 4.79 Å². The van der Waals surface area contributed by atoms with Gasteiger partial charge in [0.1, 0.15) is 11.6 Å². The van der Waals surface area contributed by atoms with Crippen LogP contribution in [0.2, 0.25) is 0 Å². The Morgan fingerprint density at radius 1 is 0.968 bits per heavy atom. The van der Waals surface area contributed by atoms with Crippen LogP contribution in [0.3, 0.4) is 0 Å². The van der Waals surface area contributed by atoms with Crippen molar-refractivity contribution in [1.29, 1.82) is 0 Å². The molecule has 0 saturated carbocycles. The maximum absolute atomic E-state index is 13.6. The van der Waals surface area contributed by atoms with E-state index < -0.39 is 27.6 Å². The van der Waals surface area contributed by atoms with Crippen molar-refractivity contribution in [3.8, 4) is 0 Å². The van der Waals surface area contributed by atoms with Gasteiger partial charge in [-0.05, 0) is 48.7 Å². The van der Waals surface area contributed by atoms with Crippen molar-refractivity contribution in [3.63, 3.8) is 0 Å². The predicted molar refractivity (Wildman–Crippen MR) is 115 cm³/mol. The summed E-state index contributed by atoms with van der Waals surface area (Å²) in [6.45, 7) is 1.77. The first-order valence-corrected chi connectivity index (χ1v) is 11.1. The molecule has 0 saturated heterocycles. The average molecular weight is 445 g/mol. The maximum atomic E-state index is 13.6. The van der Waals surface area contributed by atoms with Crippen LogP contribution in [0.15, 0.2) is 77.7 Å². The number of aryl methyl sites for hydroxylation is 1. The molecule has 0 heterocycles. The minimum atomic E-state index is -3.71. The molecule has 0 aromatic heterocycles. The van der Waals surface area contributed by atoms with Crippen molar-refractivity contribution >= 4 is 21.6 Å². The molecular weight excluding hydrogens is 422 g/mol. The fourth-order valence-electron chi connectivity index (χ4n) is 3.01. The monoisotopic (exact) mass is 444 g/mol. The quantitative estimate of drug-likeness (QED) is 0.534.